The molecule has 2 aliphatic heterocycles. The first-order valence-corrected chi connectivity index (χ1v) is 12.5. The molecule has 5 rings (SSSR count). The standard InChI is InChI=1S/C27H33N5O4/c1-4-32-22-11-10-20(14-23(22)36-26(32)35)28-24(34)15-31-17-27(29-18(2)33)16-30(3)13-12-21(27)25(31)19-8-6-5-7-9-19/h5-11,14,21,25H,4,12-13,15-17H2,1-3H3,(H,28,34)(H,29,33)/t21-,25-,27-/m1/s1. The van der Waals surface area contributed by atoms with Gasteiger partial charge in [-0.05, 0) is 44.6 Å². The van der Waals surface area contributed by atoms with Gasteiger partial charge in [0.2, 0.25) is 11.8 Å². The number of likely N-dealkylation sites (N-methyl/N-ethyl adjacent to an activating group) is 1. The van der Waals surface area contributed by atoms with Crippen LogP contribution in [0, 0.1) is 5.92 Å². The van der Waals surface area contributed by atoms with Crippen LogP contribution >= 0.6 is 0 Å². The molecule has 0 unspecified atom stereocenters. The molecule has 0 bridgehead atoms. The summed E-state index contributed by atoms with van der Waals surface area (Å²) < 4.78 is 6.90. The summed E-state index contributed by atoms with van der Waals surface area (Å²) in [6.45, 7) is 6.41. The van der Waals surface area contributed by atoms with Gasteiger partial charge in [0.15, 0.2) is 5.58 Å². The number of benzene rings is 2. The lowest BCUT2D eigenvalue weighted by molar-refractivity contribution is -0.122. The summed E-state index contributed by atoms with van der Waals surface area (Å²) in [5.41, 5.74) is 2.45. The van der Waals surface area contributed by atoms with Crippen LogP contribution < -0.4 is 16.4 Å². The number of carbonyl (C=O) groups is 2. The smallest absolute Gasteiger partial charge is 0.408 e. The van der Waals surface area contributed by atoms with Gasteiger partial charge in [-0.15, -0.1) is 0 Å². The summed E-state index contributed by atoms with van der Waals surface area (Å²) in [7, 11) is 2.08. The van der Waals surface area contributed by atoms with E-state index in [9.17, 15) is 14.4 Å². The van der Waals surface area contributed by atoms with Crippen molar-refractivity contribution in [1.29, 1.82) is 0 Å². The number of aromatic nitrogens is 1. The Kier molecular flexibility index (Phi) is 6.44. The Morgan fingerprint density at radius 3 is 2.64 bits per heavy atom. The van der Waals surface area contributed by atoms with Gasteiger partial charge < -0.3 is 20.0 Å². The van der Waals surface area contributed by atoms with E-state index < -0.39 is 11.3 Å². The van der Waals surface area contributed by atoms with Crippen LogP contribution in [0.15, 0.2) is 57.7 Å². The number of carbonyl (C=O) groups excluding carboxylic acids is 2. The molecule has 9 nitrogen and oxygen atoms in total. The van der Waals surface area contributed by atoms with E-state index in [4.69, 9.17) is 4.42 Å². The summed E-state index contributed by atoms with van der Waals surface area (Å²) in [5.74, 6) is -0.429. The molecule has 2 amide bonds. The first-order valence-electron chi connectivity index (χ1n) is 12.5. The van der Waals surface area contributed by atoms with Crippen LogP contribution in [0.4, 0.5) is 5.69 Å². The largest absolute Gasteiger partial charge is 0.419 e. The van der Waals surface area contributed by atoms with Crippen molar-refractivity contribution in [2.45, 2.75) is 38.4 Å². The number of hydrogen-bond acceptors (Lipinski definition) is 6. The molecule has 0 saturated carbocycles. The Hall–Kier alpha value is -3.43. The normalized spacial score (nSPS) is 24.5. The van der Waals surface area contributed by atoms with Crippen molar-refractivity contribution in [2.24, 2.45) is 5.92 Å². The molecule has 3 heterocycles. The lowest BCUT2D eigenvalue weighted by atomic mass is 9.76. The maximum absolute atomic E-state index is 13.3. The zero-order valence-electron chi connectivity index (χ0n) is 21.0. The number of nitrogens with zero attached hydrogens (tertiary/aromatic N) is 3. The van der Waals surface area contributed by atoms with Crippen molar-refractivity contribution in [3.8, 4) is 0 Å². The monoisotopic (exact) mass is 491 g/mol. The number of oxazole rings is 1. The van der Waals surface area contributed by atoms with Crippen LogP contribution in [0.25, 0.3) is 11.1 Å². The molecule has 2 N–H and O–H groups in total. The van der Waals surface area contributed by atoms with E-state index >= 15 is 0 Å². The summed E-state index contributed by atoms with van der Waals surface area (Å²) >= 11 is 0. The molecule has 9 heteroatoms. The number of piperidine rings is 1. The molecule has 2 saturated heterocycles. The Bertz CT molecular complexity index is 1330. The van der Waals surface area contributed by atoms with Crippen LogP contribution in [0.5, 0.6) is 0 Å². The highest BCUT2D eigenvalue weighted by Crippen LogP contribution is 2.47. The second-order valence-electron chi connectivity index (χ2n) is 10.1. The number of rotatable bonds is 6. The highest BCUT2D eigenvalue weighted by atomic mass is 16.4. The average Bonchev–Trinajstić information content (AvgIpc) is 3.30. The second kappa shape index (κ2) is 9.55. The Morgan fingerprint density at radius 2 is 1.92 bits per heavy atom. The minimum Gasteiger partial charge on any atom is -0.408 e. The van der Waals surface area contributed by atoms with E-state index in [-0.39, 0.29) is 30.3 Å². The van der Waals surface area contributed by atoms with Gasteiger partial charge in [-0.3, -0.25) is 19.1 Å². The third kappa shape index (κ3) is 4.44. The van der Waals surface area contributed by atoms with Crippen LogP contribution in [-0.4, -0.2) is 64.9 Å². The highest BCUT2D eigenvalue weighted by Gasteiger charge is 2.55. The molecule has 3 aromatic rings. The first kappa shape index (κ1) is 24.3. The van der Waals surface area contributed by atoms with Crippen LogP contribution in [0.2, 0.25) is 0 Å². The molecule has 2 aromatic carbocycles. The minimum atomic E-state index is -0.426. The third-order valence-corrected chi connectivity index (χ3v) is 7.52. The molecule has 3 atom stereocenters. The van der Waals surface area contributed by atoms with Gasteiger partial charge in [-0.25, -0.2) is 4.79 Å². The van der Waals surface area contributed by atoms with E-state index in [0.29, 0.717) is 29.9 Å². The fraction of sp³-hybridized carbons (Fsp3) is 0.444. The van der Waals surface area contributed by atoms with E-state index in [1.807, 2.05) is 25.1 Å². The maximum Gasteiger partial charge on any atom is 0.419 e. The van der Waals surface area contributed by atoms with Gasteiger partial charge in [-0.1, -0.05) is 30.3 Å². The lowest BCUT2D eigenvalue weighted by Gasteiger charge is -2.44. The van der Waals surface area contributed by atoms with Crippen molar-refractivity contribution < 1.29 is 14.0 Å². The number of nitrogens with one attached hydrogen (secondary N) is 2. The Balaban J connectivity index is 1.41. The number of hydrogen-bond donors (Lipinski definition) is 2. The molecule has 36 heavy (non-hydrogen) atoms. The molecule has 2 fully saturated rings. The van der Waals surface area contributed by atoms with Crippen molar-refractivity contribution in [2.75, 3.05) is 38.5 Å². The van der Waals surface area contributed by atoms with Gasteiger partial charge in [0, 0.05) is 50.3 Å². The topological polar surface area (TPSA) is 99.8 Å². The Labute approximate surface area is 210 Å². The van der Waals surface area contributed by atoms with E-state index in [0.717, 1.165) is 25.1 Å². The van der Waals surface area contributed by atoms with Crippen molar-refractivity contribution >= 4 is 28.6 Å². The predicted molar refractivity (Wildman–Crippen MR) is 138 cm³/mol. The van der Waals surface area contributed by atoms with Gasteiger partial charge in [-0.2, -0.15) is 0 Å². The summed E-state index contributed by atoms with van der Waals surface area (Å²) in [6.07, 6.45) is 0.929. The highest BCUT2D eigenvalue weighted by molar-refractivity contribution is 5.94. The number of likely N-dealkylation sites (tertiary alicyclic amines) is 2. The molecule has 0 radical (unpaired) electrons. The van der Waals surface area contributed by atoms with Crippen molar-refractivity contribution in [3.05, 3.63) is 64.6 Å². The number of anilines is 1. The van der Waals surface area contributed by atoms with Crippen LogP contribution in [-0.2, 0) is 16.1 Å². The summed E-state index contributed by atoms with van der Waals surface area (Å²) in [5, 5.41) is 6.25. The molecule has 1 aromatic heterocycles. The van der Waals surface area contributed by atoms with E-state index in [2.05, 4.69) is 39.6 Å². The quantitative estimate of drug-likeness (QED) is 0.550. The van der Waals surface area contributed by atoms with Crippen molar-refractivity contribution in [1.82, 2.24) is 19.7 Å². The fourth-order valence-electron chi connectivity index (χ4n) is 6.25. The van der Waals surface area contributed by atoms with Crippen LogP contribution in [0.3, 0.4) is 0 Å². The molecule has 190 valence electrons. The SMILES string of the molecule is CCn1c(=O)oc2cc(NC(=O)CN3C[C@]4(NC(C)=O)CN(C)CC[C@@H]4[C@H]3c3ccccc3)ccc21. The summed E-state index contributed by atoms with van der Waals surface area (Å²) in [6, 6.07) is 15.5. The van der Waals surface area contributed by atoms with Gasteiger partial charge in [0.05, 0.1) is 17.6 Å². The lowest BCUT2D eigenvalue weighted by Crippen LogP contribution is -2.63. The zero-order valence-corrected chi connectivity index (χ0v) is 21.0. The number of amides is 2. The van der Waals surface area contributed by atoms with Crippen molar-refractivity contribution in [3.63, 3.8) is 0 Å². The van der Waals surface area contributed by atoms with Gasteiger partial charge in [0.1, 0.15) is 0 Å². The summed E-state index contributed by atoms with van der Waals surface area (Å²) in [4.78, 5) is 42.0. The fourth-order valence-corrected chi connectivity index (χ4v) is 6.25. The molecular formula is C27H33N5O4. The Morgan fingerprint density at radius 1 is 1.14 bits per heavy atom. The molecular weight excluding hydrogens is 458 g/mol. The maximum atomic E-state index is 13.3. The van der Waals surface area contributed by atoms with E-state index in [1.165, 1.54) is 0 Å². The van der Waals surface area contributed by atoms with E-state index in [1.54, 1.807) is 29.7 Å². The predicted octanol–water partition coefficient (Wildman–Crippen LogP) is 2.44. The van der Waals surface area contributed by atoms with Crippen LogP contribution in [0.1, 0.15) is 31.9 Å². The molecule has 0 aliphatic carbocycles. The van der Waals surface area contributed by atoms with Gasteiger partial charge in [0.25, 0.3) is 0 Å². The average molecular weight is 492 g/mol. The molecule has 2 aliphatic rings. The number of fused-ring (bicyclic) bond motifs is 2. The second-order valence-corrected chi connectivity index (χ2v) is 10.1. The first-order chi connectivity index (χ1) is 17.3. The number of aryl methyl sites for hydroxylation is 1. The zero-order chi connectivity index (χ0) is 25.4. The minimum absolute atomic E-state index is 0.0107. The van der Waals surface area contributed by atoms with Gasteiger partial charge >= 0.3 is 5.76 Å². The molecule has 0 spiro atoms. The third-order valence-electron chi connectivity index (χ3n) is 7.52.